The molecule has 0 fully saturated rings. The van der Waals surface area contributed by atoms with Crippen LogP contribution in [0.4, 0.5) is 4.79 Å². The average Bonchev–Trinajstić information content (AvgIpc) is 2.26. The van der Waals surface area contributed by atoms with Crippen molar-refractivity contribution in [1.82, 2.24) is 10.6 Å². The van der Waals surface area contributed by atoms with Crippen LogP contribution in [-0.4, -0.2) is 29.6 Å². The first-order valence-electron chi connectivity index (χ1n) is 5.29. The van der Waals surface area contributed by atoms with E-state index in [0.29, 0.717) is 13.0 Å². The van der Waals surface area contributed by atoms with Crippen molar-refractivity contribution < 1.29 is 19.5 Å². The summed E-state index contributed by atoms with van der Waals surface area (Å²) in [5.74, 6) is 0.800. The summed E-state index contributed by atoms with van der Waals surface area (Å²) >= 11 is 0. The number of nitrogens with one attached hydrogen (secondary N) is 2. The second kappa shape index (κ2) is 9.21. The number of carboxylic acid groups (broad SMARTS) is 1. The number of imide groups is 1. The largest absolute Gasteiger partial charge is 0.481 e. The highest BCUT2D eigenvalue weighted by Crippen LogP contribution is 1.91. The van der Waals surface area contributed by atoms with Gasteiger partial charge in [-0.3, -0.25) is 14.9 Å². The second-order valence-electron chi connectivity index (χ2n) is 3.36. The maximum atomic E-state index is 11.1. The smallest absolute Gasteiger partial charge is 0.321 e. The van der Waals surface area contributed by atoms with Crippen LogP contribution in [0.5, 0.6) is 0 Å². The van der Waals surface area contributed by atoms with Gasteiger partial charge in [-0.2, -0.15) is 0 Å². The van der Waals surface area contributed by atoms with E-state index in [1.807, 2.05) is 5.32 Å². The van der Waals surface area contributed by atoms with Gasteiger partial charge in [0.2, 0.25) is 5.91 Å². The van der Waals surface area contributed by atoms with Crippen LogP contribution in [0.25, 0.3) is 0 Å². The Morgan fingerprint density at radius 2 is 1.88 bits per heavy atom. The summed E-state index contributed by atoms with van der Waals surface area (Å²) < 4.78 is 0. The number of carbonyl (C=O) groups is 3. The quantitative estimate of drug-likeness (QED) is 0.445. The molecule has 3 N–H and O–H groups in total. The van der Waals surface area contributed by atoms with E-state index in [1.165, 1.54) is 0 Å². The first kappa shape index (κ1) is 15.0. The molecule has 0 saturated carbocycles. The SMILES string of the molecule is C#CCCCCNC(=O)NC(=O)CCC(=O)O. The van der Waals surface area contributed by atoms with E-state index in [9.17, 15) is 14.4 Å². The van der Waals surface area contributed by atoms with Crippen LogP contribution in [0.1, 0.15) is 32.1 Å². The minimum Gasteiger partial charge on any atom is -0.481 e. The Labute approximate surface area is 99.8 Å². The molecule has 6 heteroatoms. The number of hydrogen-bond donors (Lipinski definition) is 3. The van der Waals surface area contributed by atoms with Gasteiger partial charge >= 0.3 is 12.0 Å². The van der Waals surface area contributed by atoms with Crippen molar-refractivity contribution in [1.29, 1.82) is 0 Å². The van der Waals surface area contributed by atoms with Crippen LogP contribution in [-0.2, 0) is 9.59 Å². The summed E-state index contributed by atoms with van der Waals surface area (Å²) in [5, 5.41) is 12.8. The van der Waals surface area contributed by atoms with Gasteiger partial charge in [0.05, 0.1) is 6.42 Å². The molecule has 0 atom stereocenters. The number of urea groups is 1. The van der Waals surface area contributed by atoms with Gasteiger partial charge in [-0.05, 0) is 12.8 Å². The van der Waals surface area contributed by atoms with Crippen LogP contribution in [0.15, 0.2) is 0 Å². The normalized spacial score (nSPS) is 9.12. The Bertz CT molecular complexity index is 320. The Balaban J connectivity index is 3.54. The van der Waals surface area contributed by atoms with Gasteiger partial charge < -0.3 is 10.4 Å². The zero-order chi connectivity index (χ0) is 13.1. The lowest BCUT2D eigenvalue weighted by Gasteiger charge is -2.05. The van der Waals surface area contributed by atoms with Crippen molar-refractivity contribution in [3.05, 3.63) is 0 Å². The fraction of sp³-hybridized carbons (Fsp3) is 0.545. The Morgan fingerprint density at radius 3 is 2.47 bits per heavy atom. The van der Waals surface area contributed by atoms with Crippen LogP contribution in [0.2, 0.25) is 0 Å². The molecule has 0 aromatic heterocycles. The summed E-state index contributed by atoms with van der Waals surface area (Å²) in [6.07, 6.45) is 6.75. The molecule has 0 bridgehead atoms. The number of carboxylic acids is 1. The number of carbonyl (C=O) groups excluding carboxylic acids is 2. The van der Waals surface area contributed by atoms with E-state index in [-0.39, 0.29) is 12.8 Å². The molecule has 0 radical (unpaired) electrons. The standard InChI is InChI=1S/C11H16N2O4/c1-2-3-4-5-8-12-11(17)13-9(14)6-7-10(15)16/h1H,3-8H2,(H,15,16)(H2,12,13,14,17). The molecule has 17 heavy (non-hydrogen) atoms. The van der Waals surface area contributed by atoms with E-state index in [0.717, 1.165) is 12.8 Å². The molecule has 0 unspecified atom stereocenters. The molecular weight excluding hydrogens is 224 g/mol. The maximum Gasteiger partial charge on any atom is 0.321 e. The monoisotopic (exact) mass is 240 g/mol. The zero-order valence-electron chi connectivity index (χ0n) is 9.49. The molecule has 0 aliphatic heterocycles. The summed E-state index contributed by atoms with van der Waals surface area (Å²) in [6.45, 7) is 0.430. The van der Waals surface area contributed by atoms with Gasteiger partial charge in [0.1, 0.15) is 0 Å². The molecule has 0 aliphatic carbocycles. The van der Waals surface area contributed by atoms with Crippen molar-refractivity contribution in [3.63, 3.8) is 0 Å². The lowest BCUT2D eigenvalue weighted by atomic mass is 10.2. The third kappa shape index (κ3) is 10.3. The Kier molecular flexibility index (Phi) is 8.11. The highest BCUT2D eigenvalue weighted by Gasteiger charge is 2.08. The van der Waals surface area contributed by atoms with Crippen molar-refractivity contribution in [2.24, 2.45) is 0 Å². The minimum absolute atomic E-state index is 0.208. The Hall–Kier alpha value is -2.03. The minimum atomic E-state index is -1.07. The van der Waals surface area contributed by atoms with Crippen LogP contribution < -0.4 is 10.6 Å². The van der Waals surface area contributed by atoms with Crippen LogP contribution in [0.3, 0.4) is 0 Å². The number of amides is 3. The maximum absolute atomic E-state index is 11.1. The van der Waals surface area contributed by atoms with E-state index in [4.69, 9.17) is 11.5 Å². The topological polar surface area (TPSA) is 95.5 Å². The highest BCUT2D eigenvalue weighted by atomic mass is 16.4. The van der Waals surface area contributed by atoms with Gasteiger partial charge in [0, 0.05) is 19.4 Å². The van der Waals surface area contributed by atoms with E-state index >= 15 is 0 Å². The fourth-order valence-electron chi connectivity index (χ4n) is 1.01. The number of aliphatic carboxylic acids is 1. The number of unbranched alkanes of at least 4 members (excludes halogenated alkanes) is 2. The van der Waals surface area contributed by atoms with Crippen molar-refractivity contribution in [3.8, 4) is 12.3 Å². The molecule has 94 valence electrons. The van der Waals surface area contributed by atoms with E-state index in [2.05, 4.69) is 11.2 Å². The van der Waals surface area contributed by atoms with Crippen molar-refractivity contribution >= 4 is 17.9 Å². The molecule has 6 nitrogen and oxygen atoms in total. The summed E-state index contributed by atoms with van der Waals surface area (Å²) in [7, 11) is 0. The highest BCUT2D eigenvalue weighted by molar-refractivity contribution is 5.95. The lowest BCUT2D eigenvalue weighted by molar-refractivity contribution is -0.138. The molecule has 0 aromatic rings. The van der Waals surface area contributed by atoms with Gasteiger partial charge in [0.15, 0.2) is 0 Å². The van der Waals surface area contributed by atoms with E-state index in [1.54, 1.807) is 0 Å². The number of terminal acetylenes is 1. The predicted molar refractivity (Wildman–Crippen MR) is 61.1 cm³/mol. The van der Waals surface area contributed by atoms with Crippen molar-refractivity contribution in [2.75, 3.05) is 6.54 Å². The molecule has 0 saturated heterocycles. The first-order valence-corrected chi connectivity index (χ1v) is 5.29. The third-order valence-electron chi connectivity index (χ3n) is 1.85. The summed E-state index contributed by atoms with van der Waals surface area (Å²) in [5.41, 5.74) is 0. The first-order chi connectivity index (χ1) is 8.06. The molecule has 0 rings (SSSR count). The molecule has 0 aromatic carbocycles. The number of hydrogen-bond acceptors (Lipinski definition) is 3. The fourth-order valence-corrected chi connectivity index (χ4v) is 1.01. The average molecular weight is 240 g/mol. The van der Waals surface area contributed by atoms with Gasteiger partial charge in [-0.15, -0.1) is 12.3 Å². The predicted octanol–water partition coefficient (Wildman–Crippen LogP) is 0.480. The summed E-state index contributed by atoms with van der Waals surface area (Å²) in [6, 6.07) is -0.610. The molecule has 0 heterocycles. The lowest BCUT2D eigenvalue weighted by Crippen LogP contribution is -2.39. The van der Waals surface area contributed by atoms with E-state index < -0.39 is 17.9 Å². The molecule has 3 amide bonds. The van der Waals surface area contributed by atoms with Crippen molar-refractivity contribution in [2.45, 2.75) is 32.1 Å². The molecule has 0 aliphatic rings. The Morgan fingerprint density at radius 1 is 1.18 bits per heavy atom. The summed E-state index contributed by atoms with van der Waals surface area (Å²) in [4.78, 5) is 32.3. The van der Waals surface area contributed by atoms with Gasteiger partial charge in [0.25, 0.3) is 0 Å². The molecular formula is C11H16N2O4. The zero-order valence-corrected chi connectivity index (χ0v) is 9.49. The van der Waals surface area contributed by atoms with Gasteiger partial charge in [-0.1, -0.05) is 0 Å². The van der Waals surface area contributed by atoms with Crippen LogP contribution >= 0.6 is 0 Å². The number of rotatable bonds is 7. The van der Waals surface area contributed by atoms with Gasteiger partial charge in [-0.25, -0.2) is 4.79 Å². The molecule has 0 spiro atoms. The second-order valence-corrected chi connectivity index (χ2v) is 3.36. The third-order valence-corrected chi connectivity index (χ3v) is 1.85. The van der Waals surface area contributed by atoms with Crippen LogP contribution in [0, 0.1) is 12.3 Å².